The Morgan fingerprint density at radius 3 is 2.75 bits per heavy atom. The zero-order valence-electron chi connectivity index (χ0n) is 13.0. The summed E-state index contributed by atoms with van der Waals surface area (Å²) in [5.41, 5.74) is 0.133. The fourth-order valence-electron chi connectivity index (χ4n) is 2.48. The molecule has 0 bridgehead atoms. The molecule has 1 fully saturated rings. The van der Waals surface area contributed by atoms with Crippen molar-refractivity contribution in [2.24, 2.45) is 0 Å². The van der Waals surface area contributed by atoms with Gasteiger partial charge in [0.25, 0.3) is 5.69 Å². The van der Waals surface area contributed by atoms with Crippen LogP contribution in [0.15, 0.2) is 12.1 Å². The first-order valence-electron chi connectivity index (χ1n) is 7.36. The van der Waals surface area contributed by atoms with Gasteiger partial charge in [0.15, 0.2) is 5.92 Å². The molecule has 1 atom stereocenters. The van der Waals surface area contributed by atoms with Gasteiger partial charge >= 0.3 is 5.97 Å². The van der Waals surface area contributed by atoms with Crippen LogP contribution in [0.25, 0.3) is 0 Å². The first kappa shape index (κ1) is 18.0. The molecular weight excluding hydrogens is 338 g/mol. The number of nitro benzene ring substituents is 1. The number of nitro groups is 1. The molecule has 0 aliphatic carbocycles. The van der Waals surface area contributed by atoms with Crippen LogP contribution in [0.1, 0.15) is 18.4 Å². The maximum atomic E-state index is 12.0. The van der Waals surface area contributed by atoms with Crippen molar-refractivity contribution in [1.82, 2.24) is 0 Å². The minimum absolute atomic E-state index is 0.0214. The van der Waals surface area contributed by atoms with Crippen molar-refractivity contribution in [3.63, 3.8) is 0 Å². The summed E-state index contributed by atoms with van der Waals surface area (Å²) < 4.78 is 10.1. The van der Waals surface area contributed by atoms with E-state index in [1.54, 1.807) is 13.0 Å². The van der Waals surface area contributed by atoms with E-state index in [9.17, 15) is 20.2 Å². The van der Waals surface area contributed by atoms with Crippen molar-refractivity contribution in [3.8, 4) is 6.07 Å². The highest BCUT2D eigenvalue weighted by Crippen LogP contribution is 2.37. The van der Waals surface area contributed by atoms with Crippen LogP contribution in [-0.2, 0) is 14.3 Å². The number of anilines is 1. The number of hydrogen-bond donors (Lipinski definition) is 0. The van der Waals surface area contributed by atoms with Gasteiger partial charge in [-0.2, -0.15) is 5.26 Å². The number of ether oxygens (including phenoxy) is 2. The Kier molecular flexibility index (Phi) is 5.95. The van der Waals surface area contributed by atoms with E-state index in [4.69, 9.17) is 21.1 Å². The van der Waals surface area contributed by atoms with Crippen molar-refractivity contribution < 1.29 is 19.2 Å². The third kappa shape index (κ3) is 3.75. The van der Waals surface area contributed by atoms with Crippen molar-refractivity contribution in [3.05, 3.63) is 32.8 Å². The Balaban J connectivity index is 2.52. The predicted octanol–water partition coefficient (Wildman–Crippen LogP) is 2.26. The van der Waals surface area contributed by atoms with Crippen LogP contribution in [0, 0.1) is 21.4 Å². The molecule has 1 aliphatic heterocycles. The largest absolute Gasteiger partial charge is 0.465 e. The highest BCUT2D eigenvalue weighted by molar-refractivity contribution is 6.33. The van der Waals surface area contributed by atoms with Gasteiger partial charge in [-0.1, -0.05) is 11.6 Å². The van der Waals surface area contributed by atoms with E-state index in [2.05, 4.69) is 0 Å². The highest BCUT2D eigenvalue weighted by Gasteiger charge is 2.31. The molecular formula is C15H16ClN3O5. The Morgan fingerprint density at radius 2 is 2.21 bits per heavy atom. The van der Waals surface area contributed by atoms with Gasteiger partial charge in [0.05, 0.1) is 47.1 Å². The molecule has 1 aliphatic rings. The minimum atomic E-state index is -1.39. The summed E-state index contributed by atoms with van der Waals surface area (Å²) >= 11 is 6.18. The lowest BCUT2D eigenvalue weighted by Crippen LogP contribution is -2.36. The molecule has 1 saturated heterocycles. The average Bonchev–Trinajstić information content (AvgIpc) is 2.57. The zero-order chi connectivity index (χ0) is 17.7. The molecule has 1 heterocycles. The maximum absolute atomic E-state index is 12.0. The van der Waals surface area contributed by atoms with Crippen LogP contribution in [-0.4, -0.2) is 43.8 Å². The summed E-state index contributed by atoms with van der Waals surface area (Å²) in [4.78, 5) is 24.5. The Labute approximate surface area is 143 Å². The predicted molar refractivity (Wildman–Crippen MR) is 86.1 cm³/mol. The number of halogens is 1. The van der Waals surface area contributed by atoms with Crippen molar-refractivity contribution >= 4 is 28.9 Å². The summed E-state index contributed by atoms with van der Waals surface area (Å²) in [5.74, 6) is -2.21. The second-order valence-corrected chi connectivity index (χ2v) is 5.44. The number of carbonyl (C=O) groups is 1. The van der Waals surface area contributed by atoms with E-state index < -0.39 is 16.8 Å². The Hall–Kier alpha value is -2.37. The monoisotopic (exact) mass is 353 g/mol. The van der Waals surface area contributed by atoms with Gasteiger partial charge in [-0.25, -0.2) is 0 Å². The van der Waals surface area contributed by atoms with Gasteiger partial charge in [-0.15, -0.1) is 0 Å². The standard InChI is InChI=1S/C15H16ClN3O5/c1-2-24-15(20)11(9-17)10-7-14(18-3-5-23-6-4-18)12(16)8-13(10)19(21)22/h7-8,11H,2-6H2,1H3. The van der Waals surface area contributed by atoms with Gasteiger partial charge in [0.2, 0.25) is 0 Å². The van der Waals surface area contributed by atoms with Crippen molar-refractivity contribution in [2.45, 2.75) is 12.8 Å². The Morgan fingerprint density at radius 1 is 1.54 bits per heavy atom. The van der Waals surface area contributed by atoms with Crippen molar-refractivity contribution in [2.75, 3.05) is 37.8 Å². The third-order valence-electron chi connectivity index (χ3n) is 3.61. The number of rotatable bonds is 5. The van der Waals surface area contributed by atoms with E-state index in [0.717, 1.165) is 0 Å². The molecule has 0 radical (unpaired) electrons. The minimum Gasteiger partial charge on any atom is -0.465 e. The fraction of sp³-hybridized carbons (Fsp3) is 0.467. The fourth-order valence-corrected chi connectivity index (χ4v) is 2.76. The zero-order valence-corrected chi connectivity index (χ0v) is 13.8. The number of hydrogen-bond acceptors (Lipinski definition) is 7. The van der Waals surface area contributed by atoms with Crippen LogP contribution in [0.3, 0.4) is 0 Å². The molecule has 8 nitrogen and oxygen atoms in total. The van der Waals surface area contributed by atoms with Crippen LogP contribution in [0.5, 0.6) is 0 Å². The topological polar surface area (TPSA) is 106 Å². The van der Waals surface area contributed by atoms with Gasteiger partial charge in [-0.3, -0.25) is 14.9 Å². The highest BCUT2D eigenvalue weighted by atomic mass is 35.5. The number of nitriles is 1. The molecule has 0 amide bonds. The number of esters is 1. The van der Waals surface area contributed by atoms with E-state index in [0.29, 0.717) is 32.0 Å². The van der Waals surface area contributed by atoms with E-state index >= 15 is 0 Å². The van der Waals surface area contributed by atoms with Crippen LogP contribution in [0.2, 0.25) is 5.02 Å². The molecule has 0 saturated carbocycles. The molecule has 0 spiro atoms. The SMILES string of the molecule is CCOC(=O)C(C#N)c1cc(N2CCOCC2)c(Cl)cc1[N+](=O)[O-]. The van der Waals surface area contributed by atoms with Gasteiger partial charge in [-0.05, 0) is 13.0 Å². The second-order valence-electron chi connectivity index (χ2n) is 5.03. The van der Waals surface area contributed by atoms with Gasteiger partial charge < -0.3 is 14.4 Å². The third-order valence-corrected chi connectivity index (χ3v) is 3.91. The van der Waals surface area contributed by atoms with E-state index in [-0.39, 0.29) is 22.9 Å². The first-order valence-corrected chi connectivity index (χ1v) is 7.74. The number of morpholine rings is 1. The summed E-state index contributed by atoms with van der Waals surface area (Å²) in [6.07, 6.45) is 0. The number of carbonyl (C=O) groups excluding carboxylic acids is 1. The normalized spacial score (nSPS) is 15.5. The van der Waals surface area contributed by atoms with Gasteiger partial charge in [0, 0.05) is 19.2 Å². The quantitative estimate of drug-likeness (QED) is 0.454. The van der Waals surface area contributed by atoms with Crippen LogP contribution >= 0.6 is 11.6 Å². The molecule has 0 N–H and O–H groups in total. The first-order chi connectivity index (χ1) is 11.5. The molecule has 24 heavy (non-hydrogen) atoms. The lowest BCUT2D eigenvalue weighted by molar-refractivity contribution is -0.385. The summed E-state index contributed by atoms with van der Waals surface area (Å²) in [6.45, 7) is 3.81. The van der Waals surface area contributed by atoms with Gasteiger partial charge in [0.1, 0.15) is 0 Å². The van der Waals surface area contributed by atoms with Crippen LogP contribution < -0.4 is 4.90 Å². The van der Waals surface area contributed by atoms with E-state index in [1.165, 1.54) is 12.1 Å². The summed E-state index contributed by atoms with van der Waals surface area (Å²) in [5, 5.41) is 20.8. The lowest BCUT2D eigenvalue weighted by Gasteiger charge is -2.30. The lowest BCUT2D eigenvalue weighted by atomic mass is 9.97. The van der Waals surface area contributed by atoms with Crippen LogP contribution in [0.4, 0.5) is 11.4 Å². The molecule has 9 heteroatoms. The smallest absolute Gasteiger partial charge is 0.328 e. The second kappa shape index (κ2) is 7.95. The molecule has 128 valence electrons. The molecule has 1 aromatic rings. The molecule has 1 unspecified atom stereocenters. The molecule has 2 rings (SSSR count). The average molecular weight is 354 g/mol. The molecule has 1 aromatic carbocycles. The molecule has 0 aromatic heterocycles. The number of nitrogens with zero attached hydrogens (tertiary/aromatic N) is 3. The summed E-state index contributed by atoms with van der Waals surface area (Å²) in [7, 11) is 0. The van der Waals surface area contributed by atoms with E-state index in [1.807, 2.05) is 4.90 Å². The summed E-state index contributed by atoms with van der Waals surface area (Å²) in [6, 6.07) is 4.38. The number of benzene rings is 1. The maximum Gasteiger partial charge on any atom is 0.328 e. The van der Waals surface area contributed by atoms with Crippen molar-refractivity contribution in [1.29, 1.82) is 5.26 Å². The Bertz CT molecular complexity index is 682.